The molecule has 59 heavy (non-hydrogen) atoms. The normalized spacial score (nSPS) is 11.7. The number of anilines is 3. The fourth-order valence-corrected chi connectivity index (χ4v) is 9.08. The van der Waals surface area contributed by atoms with E-state index in [0.29, 0.717) is 0 Å². The van der Waals surface area contributed by atoms with Crippen molar-refractivity contribution in [2.24, 2.45) is 0 Å². The van der Waals surface area contributed by atoms with Crippen LogP contribution >= 0.6 is 0 Å². The zero-order chi connectivity index (χ0) is 38.9. The molecular formula is C56H35NO2. The van der Waals surface area contributed by atoms with E-state index < -0.39 is 0 Å². The van der Waals surface area contributed by atoms with Crippen LogP contribution in [0.5, 0.6) is 0 Å². The largest absolute Gasteiger partial charge is 0.456 e. The molecule has 0 saturated heterocycles. The van der Waals surface area contributed by atoms with Gasteiger partial charge < -0.3 is 13.7 Å². The Kier molecular flexibility index (Phi) is 7.54. The zero-order valence-electron chi connectivity index (χ0n) is 32.0. The Labute approximate surface area is 340 Å². The summed E-state index contributed by atoms with van der Waals surface area (Å²) in [5.41, 5.74) is 13.9. The first-order valence-electron chi connectivity index (χ1n) is 20.1. The summed E-state index contributed by atoms with van der Waals surface area (Å²) in [4.78, 5) is 2.38. The summed E-state index contributed by atoms with van der Waals surface area (Å²) in [5, 5.41) is 9.20. The molecule has 0 aliphatic heterocycles. The fraction of sp³-hybridized carbons (Fsp3) is 0. The lowest BCUT2D eigenvalue weighted by Gasteiger charge is -2.27. The van der Waals surface area contributed by atoms with Crippen LogP contribution in [0, 0.1) is 0 Å². The minimum absolute atomic E-state index is 0.873. The van der Waals surface area contributed by atoms with Crippen LogP contribution in [0.2, 0.25) is 0 Å². The van der Waals surface area contributed by atoms with Crippen LogP contribution in [-0.2, 0) is 0 Å². The molecule has 0 bridgehead atoms. The molecule has 3 nitrogen and oxygen atoms in total. The highest BCUT2D eigenvalue weighted by molar-refractivity contribution is 6.17. The molecule has 0 radical (unpaired) electrons. The lowest BCUT2D eigenvalue weighted by atomic mass is 9.89. The third kappa shape index (κ3) is 5.51. The number of furan rings is 2. The molecule has 2 heterocycles. The van der Waals surface area contributed by atoms with Crippen molar-refractivity contribution in [3.8, 4) is 33.4 Å². The Balaban J connectivity index is 1.04. The monoisotopic (exact) mass is 753 g/mol. The van der Waals surface area contributed by atoms with Crippen LogP contribution < -0.4 is 4.90 Å². The van der Waals surface area contributed by atoms with E-state index in [2.05, 4.69) is 193 Å². The molecule has 12 rings (SSSR count). The smallest absolute Gasteiger partial charge is 0.136 e. The predicted octanol–water partition coefficient (Wildman–Crippen LogP) is 16.3. The number of nitrogens with zero attached hydrogens (tertiary/aromatic N) is 1. The predicted molar refractivity (Wildman–Crippen MR) is 247 cm³/mol. The molecule has 276 valence electrons. The van der Waals surface area contributed by atoms with E-state index in [-0.39, 0.29) is 0 Å². The van der Waals surface area contributed by atoms with E-state index in [0.717, 1.165) is 71.9 Å². The molecule has 0 aliphatic carbocycles. The van der Waals surface area contributed by atoms with Crippen molar-refractivity contribution in [1.82, 2.24) is 0 Å². The first-order valence-corrected chi connectivity index (χ1v) is 20.1. The Bertz CT molecular complexity index is 3580. The van der Waals surface area contributed by atoms with E-state index in [1.807, 2.05) is 24.3 Å². The summed E-state index contributed by atoms with van der Waals surface area (Å²) in [6.45, 7) is 0. The molecule has 0 atom stereocenters. The van der Waals surface area contributed by atoms with Gasteiger partial charge >= 0.3 is 0 Å². The van der Waals surface area contributed by atoms with Gasteiger partial charge in [-0.05, 0) is 122 Å². The van der Waals surface area contributed by atoms with E-state index >= 15 is 0 Å². The molecule has 0 amide bonds. The van der Waals surface area contributed by atoms with Gasteiger partial charge in [-0.15, -0.1) is 0 Å². The summed E-state index contributed by atoms with van der Waals surface area (Å²) in [5.74, 6) is 0. The van der Waals surface area contributed by atoms with Crippen molar-refractivity contribution in [2.45, 2.75) is 0 Å². The quantitative estimate of drug-likeness (QED) is 0.158. The number of para-hydroxylation sites is 2. The molecule has 0 aliphatic rings. The Morgan fingerprint density at radius 1 is 0.254 bits per heavy atom. The molecule has 10 aromatic carbocycles. The molecule has 0 fully saturated rings. The third-order valence-electron chi connectivity index (χ3n) is 11.8. The number of rotatable bonds is 6. The molecule has 0 saturated carbocycles. The molecule has 3 heteroatoms. The number of benzene rings is 10. The van der Waals surface area contributed by atoms with Crippen molar-refractivity contribution in [2.75, 3.05) is 4.90 Å². The van der Waals surface area contributed by atoms with Crippen molar-refractivity contribution >= 4 is 82.5 Å². The second-order valence-corrected chi connectivity index (χ2v) is 15.3. The topological polar surface area (TPSA) is 29.5 Å². The minimum atomic E-state index is 0.873. The van der Waals surface area contributed by atoms with E-state index in [1.165, 1.54) is 44.0 Å². The maximum Gasteiger partial charge on any atom is 0.136 e. The van der Waals surface area contributed by atoms with Crippen molar-refractivity contribution in [3.63, 3.8) is 0 Å². The molecule has 2 aromatic heterocycles. The van der Waals surface area contributed by atoms with Crippen molar-refractivity contribution in [1.29, 1.82) is 0 Å². The van der Waals surface area contributed by atoms with Crippen molar-refractivity contribution < 1.29 is 8.83 Å². The summed E-state index contributed by atoms with van der Waals surface area (Å²) in [6.07, 6.45) is 0. The molecule has 0 unspecified atom stereocenters. The van der Waals surface area contributed by atoms with Crippen LogP contribution in [0.4, 0.5) is 17.1 Å². The highest BCUT2D eigenvalue weighted by Crippen LogP contribution is 2.44. The van der Waals surface area contributed by atoms with Gasteiger partial charge in [0.25, 0.3) is 0 Å². The fourth-order valence-electron chi connectivity index (χ4n) is 9.08. The average molecular weight is 754 g/mol. The Morgan fingerprint density at radius 3 is 1.53 bits per heavy atom. The summed E-state index contributed by atoms with van der Waals surface area (Å²) in [6, 6.07) is 76.0. The van der Waals surface area contributed by atoms with Crippen molar-refractivity contribution in [3.05, 3.63) is 212 Å². The Morgan fingerprint density at radius 2 is 0.780 bits per heavy atom. The Hall–Kier alpha value is -7.88. The third-order valence-corrected chi connectivity index (χ3v) is 11.8. The summed E-state index contributed by atoms with van der Waals surface area (Å²) < 4.78 is 12.6. The number of fused-ring (bicyclic) bond motifs is 9. The van der Waals surface area contributed by atoms with Gasteiger partial charge in [-0.3, -0.25) is 0 Å². The molecule has 0 N–H and O–H groups in total. The maximum atomic E-state index is 6.30. The van der Waals surface area contributed by atoms with Crippen LogP contribution in [-0.4, -0.2) is 0 Å². The van der Waals surface area contributed by atoms with Gasteiger partial charge in [0.05, 0.1) is 0 Å². The van der Waals surface area contributed by atoms with Crippen LogP contribution in [0.25, 0.3) is 98.8 Å². The average Bonchev–Trinajstić information content (AvgIpc) is 3.86. The van der Waals surface area contributed by atoms with Crippen LogP contribution in [0.15, 0.2) is 221 Å². The van der Waals surface area contributed by atoms with E-state index in [1.54, 1.807) is 0 Å². The van der Waals surface area contributed by atoms with Gasteiger partial charge in [0.15, 0.2) is 0 Å². The maximum absolute atomic E-state index is 6.30. The van der Waals surface area contributed by atoms with Gasteiger partial charge in [0, 0.05) is 38.6 Å². The van der Waals surface area contributed by atoms with Gasteiger partial charge in [0.2, 0.25) is 0 Å². The van der Waals surface area contributed by atoms with Gasteiger partial charge in [-0.25, -0.2) is 0 Å². The standard InChI is InChI=1S/C56H35NO2/c1-2-13-36(14-3-1)43-17-4-6-19-46(43)47-20-7-5-18-44(47)37-15-12-16-40(31-37)57(42-28-30-55-51(34-42)48-21-8-10-23-53(48)58-55)41-27-29-45-38(32-41)25-26-39-33-56-52(35-50(39)45)49-22-9-11-24-54(49)59-56/h1-35H. The van der Waals surface area contributed by atoms with Gasteiger partial charge in [-0.2, -0.15) is 0 Å². The van der Waals surface area contributed by atoms with Crippen LogP contribution in [0.3, 0.4) is 0 Å². The zero-order valence-corrected chi connectivity index (χ0v) is 32.0. The second kappa shape index (κ2) is 13.4. The second-order valence-electron chi connectivity index (χ2n) is 15.3. The number of hydrogen-bond donors (Lipinski definition) is 0. The highest BCUT2D eigenvalue weighted by atomic mass is 16.3. The summed E-state index contributed by atoms with van der Waals surface area (Å²) >= 11 is 0. The lowest BCUT2D eigenvalue weighted by molar-refractivity contribution is 0.668. The van der Waals surface area contributed by atoms with Gasteiger partial charge in [0.1, 0.15) is 22.3 Å². The number of hydrogen-bond acceptors (Lipinski definition) is 3. The van der Waals surface area contributed by atoms with E-state index in [9.17, 15) is 0 Å². The lowest BCUT2D eigenvalue weighted by Crippen LogP contribution is -2.10. The molecule has 12 aromatic rings. The van der Waals surface area contributed by atoms with Crippen LogP contribution in [0.1, 0.15) is 0 Å². The van der Waals surface area contributed by atoms with E-state index in [4.69, 9.17) is 8.83 Å². The highest BCUT2D eigenvalue weighted by Gasteiger charge is 2.19. The first-order chi connectivity index (χ1) is 29.2. The molecule has 0 spiro atoms. The minimum Gasteiger partial charge on any atom is -0.456 e. The molecular weight excluding hydrogens is 719 g/mol. The van der Waals surface area contributed by atoms with Gasteiger partial charge in [-0.1, -0.05) is 146 Å². The first kappa shape index (κ1) is 33.3. The SMILES string of the molecule is c1ccc(-c2ccccc2-c2ccccc2-c2cccc(N(c3ccc4c(ccc5cc6oc7ccccc7c6cc54)c3)c3ccc4oc5ccccc5c4c3)c2)cc1. The summed E-state index contributed by atoms with van der Waals surface area (Å²) in [7, 11) is 0.